The largest absolute Gasteiger partial charge is 0.416 e. The van der Waals surface area contributed by atoms with E-state index in [4.69, 9.17) is 4.74 Å². The van der Waals surface area contributed by atoms with Crippen molar-refractivity contribution in [2.24, 2.45) is 4.99 Å². The second kappa shape index (κ2) is 12.3. The van der Waals surface area contributed by atoms with Gasteiger partial charge in [0.1, 0.15) is 0 Å². The second-order valence-electron chi connectivity index (χ2n) is 7.08. The van der Waals surface area contributed by atoms with Crippen LogP contribution in [0.15, 0.2) is 53.8 Å². The zero-order valence-electron chi connectivity index (χ0n) is 17.4. The zero-order valence-corrected chi connectivity index (χ0v) is 19.8. The highest BCUT2D eigenvalue weighted by Crippen LogP contribution is 2.31. The fraction of sp³-hybridized carbons (Fsp3) is 0.476. The predicted octanol–water partition coefficient (Wildman–Crippen LogP) is 3.36. The normalized spacial score (nSPS) is 16.5. The summed E-state index contributed by atoms with van der Waals surface area (Å²) >= 11 is 0. The standard InChI is InChI=1S/C21H28F3N5O.HI/c1-25-20(26-8-11-28-9-2-3-10-28)27-16-19(29-12-14-30-15-13-29)17-4-6-18(7-5-17)21(22,23)24;/h2-7,9-10,19H,8,11-16H2,1H3,(H2,25,26,27);1H. The summed E-state index contributed by atoms with van der Waals surface area (Å²) in [6.07, 6.45) is -0.342. The topological polar surface area (TPSA) is 53.8 Å². The third-order valence-corrected chi connectivity index (χ3v) is 5.12. The average molecular weight is 551 g/mol. The first kappa shape index (κ1) is 25.5. The lowest BCUT2D eigenvalue weighted by Gasteiger charge is -2.35. The van der Waals surface area contributed by atoms with Gasteiger partial charge in [-0.2, -0.15) is 13.2 Å². The molecule has 0 radical (unpaired) electrons. The molecule has 0 amide bonds. The Labute approximate surface area is 197 Å². The van der Waals surface area contributed by atoms with Crippen LogP contribution in [0.5, 0.6) is 0 Å². The number of alkyl halides is 3. The average Bonchev–Trinajstić information content (AvgIpc) is 3.26. The predicted molar refractivity (Wildman–Crippen MR) is 126 cm³/mol. The summed E-state index contributed by atoms with van der Waals surface area (Å²) in [6.45, 7) is 4.72. The van der Waals surface area contributed by atoms with Crippen molar-refractivity contribution in [3.63, 3.8) is 0 Å². The van der Waals surface area contributed by atoms with Gasteiger partial charge >= 0.3 is 6.18 Å². The molecular weight excluding hydrogens is 522 g/mol. The van der Waals surface area contributed by atoms with Gasteiger partial charge in [0.2, 0.25) is 0 Å². The SMILES string of the molecule is CN=C(NCCn1cccc1)NCC(c1ccc(C(F)(F)F)cc1)N1CCOCC1.I. The minimum absolute atomic E-state index is 0. The van der Waals surface area contributed by atoms with Crippen LogP contribution < -0.4 is 10.6 Å². The van der Waals surface area contributed by atoms with Crippen LogP contribution in [-0.2, 0) is 17.5 Å². The van der Waals surface area contributed by atoms with E-state index in [2.05, 4.69) is 25.1 Å². The molecule has 6 nitrogen and oxygen atoms in total. The molecule has 1 atom stereocenters. The Balaban J connectivity index is 0.00000341. The molecule has 0 saturated carbocycles. The maximum absolute atomic E-state index is 12.9. The number of benzene rings is 1. The van der Waals surface area contributed by atoms with Gasteiger partial charge in [0.15, 0.2) is 5.96 Å². The van der Waals surface area contributed by atoms with Gasteiger partial charge in [0.05, 0.1) is 24.8 Å². The number of hydrogen-bond donors (Lipinski definition) is 2. The molecule has 1 aromatic carbocycles. The van der Waals surface area contributed by atoms with E-state index >= 15 is 0 Å². The van der Waals surface area contributed by atoms with Crippen LogP contribution in [-0.4, -0.2) is 61.9 Å². The molecule has 0 spiro atoms. The number of rotatable bonds is 7. The van der Waals surface area contributed by atoms with Crippen molar-refractivity contribution in [3.05, 3.63) is 59.9 Å². The van der Waals surface area contributed by atoms with Crippen LogP contribution in [0, 0.1) is 0 Å². The minimum atomic E-state index is -4.34. The van der Waals surface area contributed by atoms with Crippen LogP contribution in [0.1, 0.15) is 17.2 Å². The molecule has 2 N–H and O–H groups in total. The molecule has 1 fully saturated rings. The number of morpholine rings is 1. The van der Waals surface area contributed by atoms with Crippen LogP contribution in [0.4, 0.5) is 13.2 Å². The molecule has 0 bridgehead atoms. The van der Waals surface area contributed by atoms with E-state index in [9.17, 15) is 13.2 Å². The molecule has 2 heterocycles. The summed E-state index contributed by atoms with van der Waals surface area (Å²) in [5.41, 5.74) is 0.197. The Morgan fingerprint density at radius 3 is 2.32 bits per heavy atom. The second-order valence-corrected chi connectivity index (χ2v) is 7.08. The highest BCUT2D eigenvalue weighted by Gasteiger charge is 2.31. The molecular formula is C21H29F3IN5O. The number of halogens is 4. The summed E-state index contributed by atoms with van der Waals surface area (Å²) < 4.78 is 46.3. The molecule has 1 unspecified atom stereocenters. The van der Waals surface area contributed by atoms with Crippen molar-refractivity contribution in [2.45, 2.75) is 18.8 Å². The van der Waals surface area contributed by atoms with Crippen LogP contribution in [0.25, 0.3) is 0 Å². The molecule has 2 aromatic rings. The Hall–Kier alpha value is -1.79. The maximum atomic E-state index is 12.9. The summed E-state index contributed by atoms with van der Waals surface area (Å²) in [5, 5.41) is 6.59. The summed E-state index contributed by atoms with van der Waals surface area (Å²) in [4.78, 5) is 6.49. The molecule has 10 heteroatoms. The van der Waals surface area contributed by atoms with Gasteiger partial charge in [0.25, 0.3) is 0 Å². The number of ether oxygens (including phenoxy) is 1. The lowest BCUT2D eigenvalue weighted by atomic mass is 10.0. The maximum Gasteiger partial charge on any atom is 0.416 e. The molecule has 1 saturated heterocycles. The van der Waals surface area contributed by atoms with E-state index in [1.54, 1.807) is 19.2 Å². The number of aromatic nitrogens is 1. The van der Waals surface area contributed by atoms with E-state index in [0.717, 1.165) is 37.3 Å². The Morgan fingerprint density at radius 1 is 1.10 bits per heavy atom. The monoisotopic (exact) mass is 551 g/mol. The van der Waals surface area contributed by atoms with Crippen molar-refractivity contribution in [1.82, 2.24) is 20.1 Å². The van der Waals surface area contributed by atoms with Gasteiger partial charge in [-0.15, -0.1) is 24.0 Å². The van der Waals surface area contributed by atoms with Gasteiger partial charge < -0.3 is 19.9 Å². The number of nitrogens with one attached hydrogen (secondary N) is 2. The molecule has 172 valence electrons. The first-order chi connectivity index (χ1) is 14.5. The number of aliphatic imine (C=N–C) groups is 1. The number of nitrogens with zero attached hydrogens (tertiary/aromatic N) is 3. The first-order valence-electron chi connectivity index (χ1n) is 10.0. The molecule has 1 aliphatic heterocycles. The highest BCUT2D eigenvalue weighted by molar-refractivity contribution is 14.0. The van der Waals surface area contributed by atoms with Crippen molar-refractivity contribution < 1.29 is 17.9 Å². The van der Waals surface area contributed by atoms with Gasteiger partial charge in [-0.1, -0.05) is 12.1 Å². The third-order valence-electron chi connectivity index (χ3n) is 5.12. The lowest BCUT2D eigenvalue weighted by Crippen LogP contribution is -2.46. The fourth-order valence-electron chi connectivity index (χ4n) is 3.48. The van der Waals surface area contributed by atoms with Crippen LogP contribution in [0.2, 0.25) is 0 Å². The van der Waals surface area contributed by atoms with E-state index in [1.807, 2.05) is 24.5 Å². The smallest absolute Gasteiger partial charge is 0.379 e. The third kappa shape index (κ3) is 7.69. The Bertz CT molecular complexity index is 790. The quantitative estimate of drug-likeness (QED) is 0.315. The summed E-state index contributed by atoms with van der Waals surface area (Å²) in [7, 11) is 1.70. The molecule has 3 rings (SSSR count). The van der Waals surface area contributed by atoms with Crippen LogP contribution in [0.3, 0.4) is 0 Å². The van der Waals surface area contributed by atoms with Crippen molar-refractivity contribution >= 4 is 29.9 Å². The van der Waals surface area contributed by atoms with E-state index in [-0.39, 0.29) is 30.0 Å². The van der Waals surface area contributed by atoms with Gasteiger partial charge in [0, 0.05) is 52.2 Å². The Morgan fingerprint density at radius 2 is 1.74 bits per heavy atom. The van der Waals surface area contributed by atoms with Crippen molar-refractivity contribution in [2.75, 3.05) is 46.4 Å². The summed E-state index contributed by atoms with van der Waals surface area (Å²) in [6, 6.07) is 9.28. The molecule has 0 aliphatic carbocycles. The Kier molecular flexibility index (Phi) is 10.1. The fourth-order valence-corrected chi connectivity index (χ4v) is 3.48. The van der Waals surface area contributed by atoms with Gasteiger partial charge in [-0.3, -0.25) is 9.89 Å². The highest BCUT2D eigenvalue weighted by atomic mass is 127. The minimum Gasteiger partial charge on any atom is -0.379 e. The number of guanidine groups is 1. The van der Waals surface area contributed by atoms with Crippen molar-refractivity contribution in [3.8, 4) is 0 Å². The summed E-state index contributed by atoms with van der Waals surface area (Å²) in [5.74, 6) is 0.660. The van der Waals surface area contributed by atoms with Gasteiger partial charge in [-0.25, -0.2) is 0 Å². The van der Waals surface area contributed by atoms with Gasteiger partial charge in [-0.05, 0) is 29.8 Å². The van der Waals surface area contributed by atoms with E-state index in [0.29, 0.717) is 32.3 Å². The molecule has 1 aliphatic rings. The zero-order chi connectivity index (χ0) is 21.4. The van der Waals surface area contributed by atoms with Crippen LogP contribution >= 0.6 is 24.0 Å². The lowest BCUT2D eigenvalue weighted by molar-refractivity contribution is -0.137. The van der Waals surface area contributed by atoms with Crippen molar-refractivity contribution in [1.29, 1.82) is 0 Å². The molecule has 31 heavy (non-hydrogen) atoms. The van der Waals surface area contributed by atoms with E-state index in [1.165, 1.54) is 0 Å². The van der Waals surface area contributed by atoms with E-state index < -0.39 is 11.7 Å². The first-order valence-corrected chi connectivity index (χ1v) is 10.0. The molecule has 1 aromatic heterocycles. The number of hydrogen-bond acceptors (Lipinski definition) is 3.